The van der Waals surface area contributed by atoms with Gasteiger partial charge in [0.05, 0.1) is 24.3 Å². The van der Waals surface area contributed by atoms with Gasteiger partial charge in [0.15, 0.2) is 16.7 Å². The van der Waals surface area contributed by atoms with Gasteiger partial charge in [-0.1, -0.05) is 11.6 Å². The summed E-state index contributed by atoms with van der Waals surface area (Å²) in [6.07, 6.45) is 1.39. The van der Waals surface area contributed by atoms with Gasteiger partial charge in [-0.2, -0.15) is 0 Å². The number of aromatic nitrogens is 2. The second-order valence-corrected chi connectivity index (χ2v) is 9.93. The normalized spacial score (nSPS) is 13.3. The molecule has 1 atom stereocenters. The minimum absolute atomic E-state index is 0. The number of methoxy groups -OCH3 is 1. The molecule has 0 bridgehead atoms. The van der Waals surface area contributed by atoms with Crippen molar-refractivity contribution in [3.63, 3.8) is 0 Å². The van der Waals surface area contributed by atoms with Crippen molar-refractivity contribution < 1.29 is 61.1 Å². The average Bonchev–Trinajstić information content (AvgIpc) is 3.08. The molecule has 0 saturated heterocycles. The van der Waals surface area contributed by atoms with Crippen LogP contribution < -0.4 is 43.7 Å². The molecule has 0 fully saturated rings. The first-order valence-electron chi connectivity index (χ1n) is 8.75. The SMILES string of the molecule is CCOP(=O)([O-])NS(=O)(=O)c1ccc(-n2cnc(Cl)c2-c2ccc(OC)c(F)c2)cc1.[Na+]. The van der Waals surface area contributed by atoms with E-state index in [-0.39, 0.29) is 52.0 Å². The van der Waals surface area contributed by atoms with Crippen molar-refractivity contribution in [3.05, 3.63) is 59.8 Å². The van der Waals surface area contributed by atoms with Crippen molar-refractivity contribution in [2.75, 3.05) is 13.7 Å². The van der Waals surface area contributed by atoms with Gasteiger partial charge in [-0.3, -0.25) is 9.13 Å². The van der Waals surface area contributed by atoms with E-state index in [1.54, 1.807) is 6.07 Å². The molecule has 1 unspecified atom stereocenters. The fourth-order valence-electron chi connectivity index (χ4n) is 2.78. The van der Waals surface area contributed by atoms with E-state index in [4.69, 9.17) is 16.3 Å². The molecule has 1 heterocycles. The van der Waals surface area contributed by atoms with Gasteiger partial charge in [0.1, 0.15) is 6.33 Å². The van der Waals surface area contributed by atoms with Crippen LogP contribution in [0, 0.1) is 5.82 Å². The monoisotopic (exact) mass is 511 g/mol. The van der Waals surface area contributed by atoms with E-state index in [0.717, 1.165) is 0 Å². The Morgan fingerprint density at radius 2 is 1.91 bits per heavy atom. The number of hydrogen-bond donors (Lipinski definition) is 1. The minimum atomic E-state index is -4.77. The second kappa shape index (κ2) is 10.8. The van der Waals surface area contributed by atoms with Crippen LogP contribution in [0.1, 0.15) is 6.92 Å². The van der Waals surface area contributed by atoms with Crippen molar-refractivity contribution in [1.82, 2.24) is 14.0 Å². The Kier molecular flexibility index (Phi) is 9.08. The first-order chi connectivity index (χ1) is 14.6. The van der Waals surface area contributed by atoms with Gasteiger partial charge < -0.3 is 14.2 Å². The molecule has 0 spiro atoms. The molecular formula is C18H17ClFN3NaO6PS. The van der Waals surface area contributed by atoms with Crippen LogP contribution in [0.4, 0.5) is 4.39 Å². The molecule has 0 saturated carbocycles. The van der Waals surface area contributed by atoms with E-state index in [0.29, 0.717) is 16.9 Å². The molecule has 32 heavy (non-hydrogen) atoms. The molecule has 0 aliphatic heterocycles. The summed E-state index contributed by atoms with van der Waals surface area (Å²) < 4.78 is 62.8. The molecule has 0 radical (unpaired) electrons. The van der Waals surface area contributed by atoms with Gasteiger partial charge in [-0.05, 0) is 49.4 Å². The Hall–Kier alpha value is -1.27. The van der Waals surface area contributed by atoms with Crippen LogP contribution >= 0.6 is 19.3 Å². The molecule has 14 heteroatoms. The summed E-state index contributed by atoms with van der Waals surface area (Å²) in [6, 6.07) is 9.54. The topological polar surface area (TPSA) is 123 Å². The van der Waals surface area contributed by atoms with Crippen LogP contribution in [0.5, 0.6) is 5.75 Å². The Morgan fingerprint density at radius 1 is 1.25 bits per heavy atom. The van der Waals surface area contributed by atoms with E-state index >= 15 is 0 Å². The van der Waals surface area contributed by atoms with Crippen LogP contribution in [-0.2, 0) is 19.1 Å². The zero-order valence-corrected chi connectivity index (χ0v) is 21.7. The maximum atomic E-state index is 14.2. The van der Waals surface area contributed by atoms with Crippen LogP contribution in [0.25, 0.3) is 16.9 Å². The van der Waals surface area contributed by atoms with Crippen molar-refractivity contribution in [2.45, 2.75) is 11.8 Å². The molecule has 166 valence electrons. The van der Waals surface area contributed by atoms with E-state index in [9.17, 15) is 22.3 Å². The first kappa shape index (κ1) is 27.0. The quantitative estimate of drug-likeness (QED) is 0.337. The number of nitrogens with one attached hydrogen (secondary N) is 1. The Labute approximate surface area is 211 Å². The molecule has 3 aromatic rings. The molecule has 0 aliphatic carbocycles. The molecule has 9 nitrogen and oxygen atoms in total. The number of imidazole rings is 1. The molecule has 1 aromatic heterocycles. The summed E-state index contributed by atoms with van der Waals surface area (Å²) in [5, 5.41) is 0.104. The molecular weight excluding hydrogens is 495 g/mol. The third-order valence-electron chi connectivity index (χ3n) is 4.10. The predicted octanol–water partition coefficient (Wildman–Crippen LogP) is 0.128. The summed E-state index contributed by atoms with van der Waals surface area (Å²) in [4.78, 5) is 15.4. The van der Waals surface area contributed by atoms with Crippen LogP contribution in [-0.4, -0.2) is 31.7 Å². The van der Waals surface area contributed by atoms with E-state index < -0.39 is 23.6 Å². The fourth-order valence-corrected chi connectivity index (χ4v) is 5.66. The zero-order chi connectivity index (χ0) is 22.8. The summed E-state index contributed by atoms with van der Waals surface area (Å²) in [5.74, 6) is -0.525. The molecule has 3 rings (SSSR count). The van der Waals surface area contributed by atoms with Gasteiger partial charge in [0, 0.05) is 11.3 Å². The van der Waals surface area contributed by atoms with Gasteiger partial charge in [-0.25, -0.2) is 17.8 Å². The van der Waals surface area contributed by atoms with E-state index in [1.165, 1.54) is 65.8 Å². The standard InChI is InChI=1S/C18H18ClFN3O6PS.Na/c1-3-29-30(24,25)22-31(26,27)14-7-5-13(6-8-14)23-11-21-18(19)17(23)12-4-9-16(28-2)15(20)10-12;/h4-11H,3H2,1-2H3,(H2,22,24,25);/q;+1/p-1. The maximum Gasteiger partial charge on any atom is 1.00 e. The number of rotatable bonds is 8. The van der Waals surface area contributed by atoms with Crippen LogP contribution in [0.2, 0.25) is 5.15 Å². The third kappa shape index (κ3) is 5.99. The molecule has 0 aliphatic rings. The molecule has 0 amide bonds. The molecule has 2 aromatic carbocycles. The van der Waals surface area contributed by atoms with Gasteiger partial charge >= 0.3 is 29.6 Å². The third-order valence-corrected chi connectivity index (χ3v) is 7.73. The number of hydrogen-bond acceptors (Lipinski definition) is 7. The summed E-state index contributed by atoms with van der Waals surface area (Å²) in [6.45, 7) is 1.20. The number of sulfonamides is 1. The van der Waals surface area contributed by atoms with Gasteiger partial charge in [0.25, 0.3) is 0 Å². The summed E-state index contributed by atoms with van der Waals surface area (Å²) in [5.41, 5.74) is 1.25. The zero-order valence-electron chi connectivity index (χ0n) is 17.3. The van der Waals surface area contributed by atoms with E-state index in [2.05, 4.69) is 9.51 Å². The number of nitrogens with zero attached hydrogens (tertiary/aromatic N) is 2. The largest absolute Gasteiger partial charge is 1.00 e. The molecule has 1 N–H and O–H groups in total. The Balaban J connectivity index is 0.00000363. The van der Waals surface area contributed by atoms with Gasteiger partial charge in [0.2, 0.25) is 17.8 Å². The summed E-state index contributed by atoms with van der Waals surface area (Å²) in [7, 11) is -7.80. The maximum absolute atomic E-state index is 14.2. The van der Waals surface area contributed by atoms with E-state index in [1.807, 2.05) is 0 Å². The fraction of sp³-hybridized carbons (Fsp3) is 0.167. The van der Waals surface area contributed by atoms with Gasteiger partial charge in [-0.15, -0.1) is 4.49 Å². The number of benzene rings is 2. The van der Waals surface area contributed by atoms with Crippen molar-refractivity contribution >= 4 is 29.4 Å². The number of ether oxygens (including phenoxy) is 1. The van der Waals surface area contributed by atoms with Crippen LogP contribution in [0.3, 0.4) is 0 Å². The smallest absolute Gasteiger partial charge is 0.766 e. The second-order valence-electron chi connectivity index (χ2n) is 6.11. The van der Waals surface area contributed by atoms with Crippen molar-refractivity contribution in [3.8, 4) is 22.7 Å². The Bertz CT molecular complexity index is 1260. The number of halogens is 2. The van der Waals surface area contributed by atoms with Crippen LogP contribution in [0.15, 0.2) is 53.7 Å². The predicted molar refractivity (Wildman–Crippen MR) is 110 cm³/mol. The first-order valence-corrected chi connectivity index (χ1v) is 12.1. The van der Waals surface area contributed by atoms with Crippen molar-refractivity contribution in [1.29, 1.82) is 0 Å². The summed E-state index contributed by atoms with van der Waals surface area (Å²) >= 11 is 6.19. The average molecular weight is 512 g/mol. The minimum Gasteiger partial charge on any atom is -0.766 e. The Morgan fingerprint density at radius 3 is 2.47 bits per heavy atom. The van der Waals surface area contributed by atoms with Crippen molar-refractivity contribution in [2.24, 2.45) is 0 Å².